The van der Waals surface area contributed by atoms with Crippen LogP contribution >= 0.6 is 0 Å². The molecule has 1 heterocycles. The highest BCUT2D eigenvalue weighted by Crippen LogP contribution is 2.36. The SMILES string of the molecule is CC(C)(C)C1CCN(S(=O)(=O)c2ccc(F)c(N)c2F)C1. The summed E-state index contributed by atoms with van der Waals surface area (Å²) in [5, 5.41) is 0. The fraction of sp³-hybridized carbons (Fsp3) is 0.571. The minimum Gasteiger partial charge on any atom is -0.394 e. The molecule has 1 fully saturated rings. The number of nitrogens with two attached hydrogens (primary N) is 1. The molecular formula is C14H20F2N2O2S. The molecule has 1 aliphatic heterocycles. The number of hydrogen-bond acceptors (Lipinski definition) is 3. The van der Waals surface area contributed by atoms with Crippen LogP contribution in [0.15, 0.2) is 17.0 Å². The molecule has 0 bridgehead atoms. The summed E-state index contributed by atoms with van der Waals surface area (Å²) in [6.45, 7) is 6.81. The summed E-state index contributed by atoms with van der Waals surface area (Å²) in [4.78, 5) is -0.559. The number of anilines is 1. The Hall–Kier alpha value is -1.21. The zero-order valence-electron chi connectivity index (χ0n) is 12.4. The Balaban J connectivity index is 2.35. The van der Waals surface area contributed by atoms with E-state index >= 15 is 0 Å². The van der Waals surface area contributed by atoms with Gasteiger partial charge in [-0.25, -0.2) is 17.2 Å². The van der Waals surface area contributed by atoms with Crippen LogP contribution in [0.4, 0.5) is 14.5 Å². The van der Waals surface area contributed by atoms with E-state index < -0.39 is 32.2 Å². The van der Waals surface area contributed by atoms with Crippen molar-refractivity contribution in [2.45, 2.75) is 32.1 Å². The van der Waals surface area contributed by atoms with Crippen LogP contribution in [-0.2, 0) is 10.0 Å². The summed E-state index contributed by atoms with van der Waals surface area (Å²) in [6.07, 6.45) is 0.723. The molecule has 0 radical (unpaired) electrons. The predicted molar refractivity (Wildman–Crippen MR) is 77.1 cm³/mol. The molecule has 7 heteroatoms. The van der Waals surface area contributed by atoms with Gasteiger partial charge in [-0.2, -0.15) is 4.31 Å². The lowest BCUT2D eigenvalue weighted by molar-refractivity contribution is 0.252. The number of hydrogen-bond donors (Lipinski definition) is 1. The van der Waals surface area contributed by atoms with Gasteiger partial charge in [-0.3, -0.25) is 0 Å². The molecule has 2 rings (SSSR count). The predicted octanol–water partition coefficient (Wildman–Crippen LogP) is 2.60. The molecule has 2 N–H and O–H groups in total. The Morgan fingerprint density at radius 2 is 1.90 bits per heavy atom. The Morgan fingerprint density at radius 3 is 2.43 bits per heavy atom. The smallest absolute Gasteiger partial charge is 0.246 e. The van der Waals surface area contributed by atoms with Gasteiger partial charge < -0.3 is 5.73 Å². The van der Waals surface area contributed by atoms with Gasteiger partial charge >= 0.3 is 0 Å². The Kier molecular flexibility index (Phi) is 4.01. The average molecular weight is 318 g/mol. The Labute approximate surface area is 124 Å². The minimum absolute atomic E-state index is 0.0232. The molecule has 1 aromatic rings. The van der Waals surface area contributed by atoms with Gasteiger partial charge in [-0.1, -0.05) is 20.8 Å². The van der Waals surface area contributed by atoms with E-state index in [1.54, 1.807) is 0 Å². The van der Waals surface area contributed by atoms with E-state index in [0.29, 0.717) is 13.1 Å². The molecule has 0 saturated carbocycles. The van der Waals surface area contributed by atoms with Gasteiger partial charge in [0.15, 0.2) is 5.82 Å². The van der Waals surface area contributed by atoms with E-state index in [4.69, 9.17) is 5.73 Å². The van der Waals surface area contributed by atoms with Crippen LogP contribution in [0.5, 0.6) is 0 Å². The van der Waals surface area contributed by atoms with E-state index in [9.17, 15) is 17.2 Å². The monoisotopic (exact) mass is 318 g/mol. The first kappa shape index (κ1) is 16.2. The molecule has 0 aliphatic carbocycles. The average Bonchev–Trinajstić information content (AvgIpc) is 2.85. The Morgan fingerprint density at radius 1 is 1.29 bits per heavy atom. The first-order valence-electron chi connectivity index (χ1n) is 6.78. The molecule has 0 amide bonds. The first-order chi connectivity index (χ1) is 9.55. The van der Waals surface area contributed by atoms with E-state index in [-0.39, 0.29) is 11.3 Å². The zero-order chi connectivity index (χ0) is 16.0. The molecular weight excluding hydrogens is 298 g/mol. The third-order valence-corrected chi connectivity index (χ3v) is 5.97. The molecule has 1 saturated heterocycles. The summed E-state index contributed by atoms with van der Waals surface area (Å²) < 4.78 is 53.4. The lowest BCUT2D eigenvalue weighted by Crippen LogP contribution is -2.32. The van der Waals surface area contributed by atoms with Crippen LogP contribution < -0.4 is 5.73 Å². The first-order valence-corrected chi connectivity index (χ1v) is 8.23. The number of sulfonamides is 1. The van der Waals surface area contributed by atoms with Gasteiger partial charge in [0, 0.05) is 13.1 Å². The topological polar surface area (TPSA) is 63.4 Å². The molecule has 1 unspecified atom stereocenters. The molecule has 0 spiro atoms. The molecule has 1 aromatic carbocycles. The normalized spacial score (nSPS) is 20.9. The van der Waals surface area contributed by atoms with Crippen LogP contribution in [0, 0.1) is 23.0 Å². The third kappa shape index (κ3) is 2.89. The minimum atomic E-state index is -3.99. The van der Waals surface area contributed by atoms with Crippen molar-refractivity contribution >= 4 is 15.7 Å². The number of rotatable bonds is 2. The molecule has 21 heavy (non-hydrogen) atoms. The molecule has 1 atom stereocenters. The molecule has 0 aromatic heterocycles. The van der Waals surface area contributed by atoms with E-state index in [2.05, 4.69) is 0 Å². The van der Waals surface area contributed by atoms with Crippen molar-refractivity contribution < 1.29 is 17.2 Å². The number of nitrogen functional groups attached to an aromatic ring is 1. The highest BCUT2D eigenvalue weighted by atomic mass is 32.2. The summed E-state index contributed by atoms with van der Waals surface area (Å²) in [5.74, 6) is -1.97. The van der Waals surface area contributed by atoms with Crippen molar-refractivity contribution in [3.63, 3.8) is 0 Å². The van der Waals surface area contributed by atoms with Crippen molar-refractivity contribution in [2.75, 3.05) is 18.8 Å². The van der Waals surface area contributed by atoms with Gasteiger partial charge in [0.05, 0.1) is 0 Å². The number of halogens is 2. The highest BCUT2D eigenvalue weighted by Gasteiger charge is 2.39. The van der Waals surface area contributed by atoms with Gasteiger partial charge in [0.1, 0.15) is 16.4 Å². The molecule has 118 valence electrons. The van der Waals surface area contributed by atoms with Crippen LogP contribution in [0.3, 0.4) is 0 Å². The van der Waals surface area contributed by atoms with Crippen LogP contribution in [0.25, 0.3) is 0 Å². The van der Waals surface area contributed by atoms with Crippen molar-refractivity contribution in [1.29, 1.82) is 0 Å². The summed E-state index contributed by atoms with van der Waals surface area (Å²) >= 11 is 0. The van der Waals surface area contributed by atoms with Crippen LogP contribution in [-0.4, -0.2) is 25.8 Å². The standard InChI is InChI=1S/C14H20F2N2O2S/c1-14(2,3)9-6-7-18(8-9)21(19,20)11-5-4-10(15)13(17)12(11)16/h4-5,9H,6-8,17H2,1-3H3. The van der Waals surface area contributed by atoms with Gasteiger partial charge in [-0.05, 0) is 29.9 Å². The summed E-state index contributed by atoms with van der Waals surface area (Å²) in [5.41, 5.74) is 4.46. The van der Waals surface area contributed by atoms with E-state index in [0.717, 1.165) is 18.6 Å². The van der Waals surface area contributed by atoms with Crippen molar-refractivity contribution in [3.8, 4) is 0 Å². The maximum absolute atomic E-state index is 14.0. The lowest BCUT2D eigenvalue weighted by Gasteiger charge is -2.27. The second-order valence-electron chi connectivity index (χ2n) is 6.49. The van der Waals surface area contributed by atoms with E-state index in [1.807, 2.05) is 20.8 Å². The van der Waals surface area contributed by atoms with Gasteiger partial charge in [-0.15, -0.1) is 0 Å². The van der Waals surface area contributed by atoms with Gasteiger partial charge in [0.25, 0.3) is 0 Å². The number of benzene rings is 1. The maximum atomic E-state index is 14.0. The number of nitrogens with zero attached hydrogens (tertiary/aromatic N) is 1. The molecule has 1 aliphatic rings. The third-order valence-electron chi connectivity index (χ3n) is 4.08. The Bertz CT molecular complexity index is 654. The largest absolute Gasteiger partial charge is 0.394 e. The second-order valence-corrected chi connectivity index (χ2v) is 8.39. The van der Waals surface area contributed by atoms with Crippen molar-refractivity contribution in [1.82, 2.24) is 4.31 Å². The molecule has 4 nitrogen and oxygen atoms in total. The zero-order valence-corrected chi connectivity index (χ0v) is 13.2. The van der Waals surface area contributed by atoms with Gasteiger partial charge in [0.2, 0.25) is 10.0 Å². The quantitative estimate of drug-likeness (QED) is 0.853. The van der Waals surface area contributed by atoms with E-state index in [1.165, 1.54) is 4.31 Å². The summed E-state index contributed by atoms with van der Waals surface area (Å²) in [6, 6.07) is 1.81. The fourth-order valence-corrected chi connectivity index (χ4v) is 4.12. The second kappa shape index (κ2) is 5.21. The lowest BCUT2D eigenvalue weighted by atomic mass is 9.80. The van der Waals surface area contributed by atoms with Crippen LogP contribution in [0.2, 0.25) is 0 Å². The van der Waals surface area contributed by atoms with Crippen LogP contribution in [0.1, 0.15) is 27.2 Å². The highest BCUT2D eigenvalue weighted by molar-refractivity contribution is 7.89. The van der Waals surface area contributed by atoms with Crippen molar-refractivity contribution in [3.05, 3.63) is 23.8 Å². The fourth-order valence-electron chi connectivity index (χ4n) is 2.54. The summed E-state index contributed by atoms with van der Waals surface area (Å²) in [7, 11) is -3.99. The van der Waals surface area contributed by atoms with Crippen molar-refractivity contribution in [2.24, 2.45) is 11.3 Å². The maximum Gasteiger partial charge on any atom is 0.246 e.